The number of hydrogen-bond donors (Lipinski definition) is 1. The van der Waals surface area contributed by atoms with E-state index in [1.807, 2.05) is 0 Å². The maximum atomic E-state index is 12.3. The fraction of sp³-hybridized carbons (Fsp3) is 0.500. The van der Waals surface area contributed by atoms with Crippen LogP contribution in [0, 0.1) is 10.1 Å². The molecule has 0 bridgehead atoms. The summed E-state index contributed by atoms with van der Waals surface area (Å²) in [6.45, 7) is 1.51. The molecule has 2 rings (SSSR count). The Balaban J connectivity index is 1.95. The summed E-state index contributed by atoms with van der Waals surface area (Å²) < 4.78 is 4.95. The summed E-state index contributed by atoms with van der Waals surface area (Å²) in [4.78, 5) is 35.5. The Bertz CT molecular complexity index is 677. The summed E-state index contributed by atoms with van der Waals surface area (Å²) in [5, 5.41) is 20.2. The Labute approximate surface area is 149 Å². The summed E-state index contributed by atoms with van der Waals surface area (Å²) in [6, 6.07) is 3.83. The molecule has 0 aromatic heterocycles. The number of amides is 1. The lowest BCUT2D eigenvalue weighted by Gasteiger charge is -2.26. The van der Waals surface area contributed by atoms with Gasteiger partial charge in [-0.1, -0.05) is 6.07 Å². The molecule has 9 heteroatoms. The van der Waals surface area contributed by atoms with Crippen molar-refractivity contribution in [2.75, 3.05) is 12.9 Å². The van der Waals surface area contributed by atoms with Crippen LogP contribution in [-0.4, -0.2) is 51.8 Å². The van der Waals surface area contributed by atoms with E-state index in [0.29, 0.717) is 11.3 Å². The van der Waals surface area contributed by atoms with Crippen LogP contribution in [0.15, 0.2) is 18.2 Å². The normalized spacial score (nSPS) is 14.6. The van der Waals surface area contributed by atoms with Crippen molar-refractivity contribution in [3.8, 4) is 5.75 Å². The third-order valence-corrected chi connectivity index (χ3v) is 4.93. The number of nitrogens with zero attached hydrogens (tertiary/aromatic N) is 2. The topological polar surface area (TPSA) is 110 Å². The molecule has 1 aliphatic carbocycles. The van der Waals surface area contributed by atoms with Gasteiger partial charge < -0.3 is 14.7 Å². The van der Waals surface area contributed by atoms with Gasteiger partial charge in [0.05, 0.1) is 17.8 Å². The van der Waals surface area contributed by atoms with Crippen molar-refractivity contribution in [2.24, 2.45) is 0 Å². The summed E-state index contributed by atoms with van der Waals surface area (Å²) in [7, 11) is 1.37. The number of nitro groups is 1. The van der Waals surface area contributed by atoms with Crippen molar-refractivity contribution in [3.05, 3.63) is 33.9 Å². The first-order valence-corrected chi connectivity index (χ1v) is 8.93. The van der Waals surface area contributed by atoms with Crippen LogP contribution in [0.3, 0.4) is 0 Å². The molecule has 1 N–H and O–H groups in total. The molecular formula is C16H20N2O6S. The number of thioether (sulfide) groups is 1. The Morgan fingerprint density at radius 1 is 1.48 bits per heavy atom. The predicted octanol–water partition coefficient (Wildman–Crippen LogP) is 2.30. The number of benzene rings is 1. The van der Waals surface area contributed by atoms with Crippen LogP contribution in [0.1, 0.15) is 25.3 Å². The van der Waals surface area contributed by atoms with Crippen LogP contribution in [0.2, 0.25) is 0 Å². The molecule has 0 heterocycles. The molecule has 1 unspecified atom stereocenters. The number of nitro benzene ring substituents is 1. The second kappa shape index (κ2) is 8.19. The molecule has 0 radical (unpaired) electrons. The van der Waals surface area contributed by atoms with E-state index in [4.69, 9.17) is 9.84 Å². The first-order chi connectivity index (χ1) is 11.8. The highest BCUT2D eigenvalue weighted by Crippen LogP contribution is 2.31. The molecule has 1 amide bonds. The lowest BCUT2D eigenvalue weighted by atomic mass is 10.2. The van der Waals surface area contributed by atoms with E-state index in [2.05, 4.69) is 0 Å². The highest BCUT2D eigenvalue weighted by atomic mass is 32.2. The summed E-state index contributed by atoms with van der Waals surface area (Å²) in [5.74, 6) is -0.503. The van der Waals surface area contributed by atoms with E-state index >= 15 is 0 Å². The van der Waals surface area contributed by atoms with Crippen LogP contribution >= 0.6 is 11.8 Å². The molecule has 25 heavy (non-hydrogen) atoms. The molecule has 136 valence electrons. The quantitative estimate of drug-likeness (QED) is 0.526. The number of carboxylic acids is 1. The molecule has 1 saturated carbocycles. The van der Waals surface area contributed by atoms with Crippen molar-refractivity contribution < 1.29 is 24.4 Å². The van der Waals surface area contributed by atoms with Crippen LogP contribution in [0.5, 0.6) is 5.75 Å². The highest BCUT2D eigenvalue weighted by Gasteiger charge is 2.38. The van der Waals surface area contributed by atoms with Crippen molar-refractivity contribution in [1.29, 1.82) is 0 Å². The lowest BCUT2D eigenvalue weighted by molar-refractivity contribution is -0.385. The van der Waals surface area contributed by atoms with Crippen LogP contribution < -0.4 is 4.74 Å². The fourth-order valence-electron chi connectivity index (χ4n) is 2.51. The zero-order valence-corrected chi connectivity index (χ0v) is 14.8. The van der Waals surface area contributed by atoms with Gasteiger partial charge in [-0.3, -0.25) is 14.9 Å². The van der Waals surface area contributed by atoms with E-state index in [9.17, 15) is 19.7 Å². The van der Waals surface area contributed by atoms with Crippen LogP contribution in [-0.2, 0) is 15.3 Å². The summed E-state index contributed by atoms with van der Waals surface area (Å²) in [5.41, 5.74) is 0.584. The number of carbonyl (C=O) groups is 2. The zero-order valence-electron chi connectivity index (χ0n) is 14.0. The van der Waals surface area contributed by atoms with E-state index < -0.39 is 16.9 Å². The molecule has 1 fully saturated rings. The molecule has 0 aliphatic heterocycles. The first-order valence-electron chi connectivity index (χ1n) is 7.78. The van der Waals surface area contributed by atoms with Gasteiger partial charge in [0.15, 0.2) is 5.75 Å². The number of ether oxygens (including phenoxy) is 1. The minimum atomic E-state index is -1.02. The van der Waals surface area contributed by atoms with E-state index in [1.165, 1.54) is 42.8 Å². The van der Waals surface area contributed by atoms with Gasteiger partial charge in [-0.05, 0) is 31.4 Å². The van der Waals surface area contributed by atoms with Gasteiger partial charge in [0.1, 0.15) is 6.04 Å². The maximum absolute atomic E-state index is 12.3. The highest BCUT2D eigenvalue weighted by molar-refractivity contribution is 7.99. The Morgan fingerprint density at radius 3 is 2.68 bits per heavy atom. The standard InChI is InChI=1S/C16H20N2O6S/c1-10(16(20)21)17(12-4-5-12)15(19)9-25-8-11-3-6-14(24-2)13(7-11)18(22)23/h3,6-7,10,12H,4-5,8-9H2,1-2H3,(H,20,21). The second-order valence-electron chi connectivity index (χ2n) is 5.80. The Hall–Kier alpha value is -2.29. The van der Waals surface area contributed by atoms with Crippen molar-refractivity contribution >= 4 is 29.3 Å². The SMILES string of the molecule is COc1ccc(CSCC(=O)N(C2CC2)C(C)C(=O)O)cc1[N+](=O)[O-]. The van der Waals surface area contributed by atoms with Gasteiger partial charge in [0.2, 0.25) is 5.91 Å². The van der Waals surface area contributed by atoms with Crippen molar-refractivity contribution in [2.45, 2.75) is 37.6 Å². The fourth-order valence-corrected chi connectivity index (χ4v) is 3.35. The van der Waals surface area contributed by atoms with Gasteiger partial charge in [-0.25, -0.2) is 4.79 Å². The van der Waals surface area contributed by atoms with Crippen LogP contribution in [0.4, 0.5) is 5.69 Å². The number of rotatable bonds is 9. The maximum Gasteiger partial charge on any atom is 0.326 e. The van der Waals surface area contributed by atoms with E-state index in [0.717, 1.165) is 12.8 Å². The van der Waals surface area contributed by atoms with E-state index in [-0.39, 0.29) is 29.1 Å². The summed E-state index contributed by atoms with van der Waals surface area (Å²) >= 11 is 1.30. The Kier molecular flexibility index (Phi) is 6.24. The minimum Gasteiger partial charge on any atom is -0.490 e. The lowest BCUT2D eigenvalue weighted by Crippen LogP contribution is -2.45. The summed E-state index contributed by atoms with van der Waals surface area (Å²) in [6.07, 6.45) is 1.66. The molecule has 0 spiro atoms. The van der Waals surface area contributed by atoms with Gasteiger partial charge in [-0.2, -0.15) is 0 Å². The number of aliphatic carboxylic acids is 1. The predicted molar refractivity (Wildman–Crippen MR) is 92.8 cm³/mol. The van der Waals surface area contributed by atoms with E-state index in [1.54, 1.807) is 6.07 Å². The molecule has 8 nitrogen and oxygen atoms in total. The molecule has 1 atom stereocenters. The minimum absolute atomic E-state index is 0.0151. The average molecular weight is 368 g/mol. The van der Waals surface area contributed by atoms with Crippen molar-refractivity contribution in [3.63, 3.8) is 0 Å². The van der Waals surface area contributed by atoms with Gasteiger partial charge in [0, 0.05) is 17.9 Å². The average Bonchev–Trinajstić information content (AvgIpc) is 3.39. The monoisotopic (exact) mass is 368 g/mol. The number of carbonyl (C=O) groups excluding carboxylic acids is 1. The number of hydrogen-bond acceptors (Lipinski definition) is 6. The smallest absolute Gasteiger partial charge is 0.326 e. The zero-order chi connectivity index (χ0) is 18.6. The first kappa shape index (κ1) is 19.0. The molecule has 1 aromatic rings. The third kappa shape index (κ3) is 4.85. The molecule has 1 aliphatic rings. The number of carboxylic acid groups (broad SMARTS) is 1. The Morgan fingerprint density at radius 2 is 2.16 bits per heavy atom. The van der Waals surface area contributed by atoms with Gasteiger partial charge in [0.25, 0.3) is 0 Å². The molecular weight excluding hydrogens is 348 g/mol. The second-order valence-corrected chi connectivity index (χ2v) is 6.79. The van der Waals surface area contributed by atoms with Gasteiger partial charge in [-0.15, -0.1) is 11.8 Å². The number of methoxy groups -OCH3 is 1. The van der Waals surface area contributed by atoms with Gasteiger partial charge >= 0.3 is 11.7 Å². The molecule has 1 aromatic carbocycles. The molecule has 0 saturated heterocycles. The van der Waals surface area contributed by atoms with Crippen LogP contribution in [0.25, 0.3) is 0 Å². The third-order valence-electron chi connectivity index (χ3n) is 3.94. The van der Waals surface area contributed by atoms with Crippen molar-refractivity contribution in [1.82, 2.24) is 4.90 Å². The largest absolute Gasteiger partial charge is 0.490 e.